The van der Waals surface area contributed by atoms with Crippen molar-refractivity contribution >= 4 is 5.71 Å². The summed E-state index contributed by atoms with van der Waals surface area (Å²) in [6, 6.07) is 0. The van der Waals surface area contributed by atoms with Gasteiger partial charge in [-0.3, -0.25) is 4.99 Å². The first-order valence-corrected chi connectivity index (χ1v) is 2.74. The third-order valence-corrected chi connectivity index (χ3v) is 1.03. The molecule has 0 saturated carbocycles. The lowest BCUT2D eigenvalue weighted by atomic mass is 10.4. The molecule has 0 fully saturated rings. The van der Waals surface area contributed by atoms with E-state index in [2.05, 4.69) is 4.99 Å². The highest BCUT2D eigenvalue weighted by molar-refractivity contribution is 5.93. The Morgan fingerprint density at radius 1 is 1.50 bits per heavy atom. The van der Waals surface area contributed by atoms with Crippen LogP contribution in [0.3, 0.4) is 0 Å². The fourth-order valence-corrected chi connectivity index (χ4v) is 0.584. The van der Waals surface area contributed by atoms with Gasteiger partial charge < -0.3 is 0 Å². The molecule has 1 aliphatic heterocycles. The van der Waals surface area contributed by atoms with E-state index >= 15 is 0 Å². The Hall–Kier alpha value is -0.850. The van der Waals surface area contributed by atoms with Crippen molar-refractivity contribution in [1.82, 2.24) is 0 Å². The van der Waals surface area contributed by atoms with E-state index in [4.69, 9.17) is 0 Å². The molecule has 0 amide bonds. The second kappa shape index (κ2) is 2.46. The summed E-state index contributed by atoms with van der Waals surface area (Å²) in [5.41, 5.74) is 1.11. The summed E-state index contributed by atoms with van der Waals surface area (Å²) < 4.78 is 0. The Morgan fingerprint density at radius 3 is 3.25 bits per heavy atom. The van der Waals surface area contributed by atoms with Crippen molar-refractivity contribution in [3.63, 3.8) is 0 Å². The average Bonchev–Trinajstić information content (AvgIpc) is 1.94. The predicted molar refractivity (Wildman–Crippen MR) is 36.3 cm³/mol. The molecule has 0 aliphatic carbocycles. The molecule has 1 heterocycles. The topological polar surface area (TPSA) is 12.4 Å². The second-order valence-corrected chi connectivity index (χ2v) is 1.77. The van der Waals surface area contributed by atoms with Crippen molar-refractivity contribution in [2.45, 2.75) is 6.92 Å². The van der Waals surface area contributed by atoms with Crippen LogP contribution in [0.5, 0.6) is 0 Å². The van der Waals surface area contributed by atoms with E-state index in [1.807, 2.05) is 31.2 Å². The Kier molecular flexibility index (Phi) is 1.62. The zero-order chi connectivity index (χ0) is 5.82. The van der Waals surface area contributed by atoms with E-state index in [-0.39, 0.29) is 0 Å². The largest absolute Gasteiger partial charge is 0.286 e. The maximum Gasteiger partial charge on any atom is 0.0576 e. The van der Waals surface area contributed by atoms with Gasteiger partial charge in [0.05, 0.1) is 6.54 Å². The fourth-order valence-electron chi connectivity index (χ4n) is 0.584. The Balaban J connectivity index is 2.69. The summed E-state index contributed by atoms with van der Waals surface area (Å²) in [7, 11) is 0. The van der Waals surface area contributed by atoms with Crippen molar-refractivity contribution in [2.75, 3.05) is 6.54 Å². The molecule has 8 heavy (non-hydrogen) atoms. The first-order chi connectivity index (χ1) is 3.89. The van der Waals surface area contributed by atoms with Gasteiger partial charge in [0.25, 0.3) is 0 Å². The molecule has 0 atom stereocenters. The van der Waals surface area contributed by atoms with E-state index in [0.717, 1.165) is 12.3 Å². The molecule has 1 nitrogen and oxygen atoms in total. The number of hydrogen-bond donors (Lipinski definition) is 0. The standard InChI is InChI=1S/C7H9N/c1-7-5-3-2-4-6-8-7/h2-5H,6H2,1H3. The van der Waals surface area contributed by atoms with Crippen molar-refractivity contribution in [1.29, 1.82) is 0 Å². The highest BCUT2D eigenvalue weighted by Crippen LogP contribution is 1.89. The smallest absolute Gasteiger partial charge is 0.0576 e. The first-order valence-electron chi connectivity index (χ1n) is 2.74. The van der Waals surface area contributed by atoms with Crippen LogP contribution in [-0.2, 0) is 0 Å². The SMILES string of the molecule is CC1=NCC=CC=C1. The van der Waals surface area contributed by atoms with Gasteiger partial charge in [-0.2, -0.15) is 0 Å². The van der Waals surface area contributed by atoms with Gasteiger partial charge in [0.2, 0.25) is 0 Å². The maximum atomic E-state index is 4.17. The van der Waals surface area contributed by atoms with Crippen molar-refractivity contribution < 1.29 is 0 Å². The summed E-state index contributed by atoms with van der Waals surface area (Å²) in [5, 5.41) is 0. The number of rotatable bonds is 0. The molecular weight excluding hydrogens is 98.1 g/mol. The average molecular weight is 107 g/mol. The highest BCUT2D eigenvalue weighted by Gasteiger charge is 1.82. The minimum absolute atomic E-state index is 0.832. The number of aliphatic imine (C=N–C) groups is 1. The molecule has 0 aromatic heterocycles. The number of nitrogens with zero attached hydrogens (tertiary/aromatic N) is 1. The quantitative estimate of drug-likeness (QED) is 0.445. The zero-order valence-electron chi connectivity index (χ0n) is 4.96. The molecule has 0 aromatic carbocycles. The summed E-state index contributed by atoms with van der Waals surface area (Å²) in [6.45, 7) is 2.84. The van der Waals surface area contributed by atoms with E-state index < -0.39 is 0 Å². The van der Waals surface area contributed by atoms with Crippen LogP contribution < -0.4 is 0 Å². The lowest BCUT2D eigenvalue weighted by Crippen LogP contribution is -1.82. The minimum atomic E-state index is 0.832. The van der Waals surface area contributed by atoms with Crippen LogP contribution in [0, 0.1) is 0 Å². The Labute approximate surface area is 49.4 Å². The summed E-state index contributed by atoms with van der Waals surface area (Å²) in [4.78, 5) is 4.17. The monoisotopic (exact) mass is 107 g/mol. The van der Waals surface area contributed by atoms with Gasteiger partial charge in [-0.25, -0.2) is 0 Å². The molecule has 0 unspecified atom stereocenters. The molecule has 1 rings (SSSR count). The van der Waals surface area contributed by atoms with E-state index in [9.17, 15) is 0 Å². The van der Waals surface area contributed by atoms with Crippen LogP contribution in [0.1, 0.15) is 6.92 Å². The molecule has 0 radical (unpaired) electrons. The first kappa shape index (κ1) is 5.29. The predicted octanol–water partition coefficient (Wildman–Crippen LogP) is 1.57. The zero-order valence-corrected chi connectivity index (χ0v) is 4.96. The molecule has 0 aromatic rings. The number of hydrogen-bond acceptors (Lipinski definition) is 1. The van der Waals surface area contributed by atoms with Crippen LogP contribution >= 0.6 is 0 Å². The molecule has 0 saturated heterocycles. The van der Waals surface area contributed by atoms with Gasteiger partial charge in [0, 0.05) is 5.71 Å². The summed E-state index contributed by atoms with van der Waals surface area (Å²) in [5.74, 6) is 0. The van der Waals surface area contributed by atoms with Crippen LogP contribution in [-0.4, -0.2) is 12.3 Å². The van der Waals surface area contributed by atoms with Crippen LogP contribution in [0.4, 0.5) is 0 Å². The van der Waals surface area contributed by atoms with E-state index in [1.54, 1.807) is 0 Å². The third kappa shape index (κ3) is 1.34. The van der Waals surface area contributed by atoms with Crippen molar-refractivity contribution in [2.24, 2.45) is 4.99 Å². The molecule has 1 heteroatoms. The maximum absolute atomic E-state index is 4.17. The lowest BCUT2D eigenvalue weighted by molar-refractivity contribution is 1.25. The molecular formula is C7H9N. The Bertz CT molecular complexity index is 149. The van der Waals surface area contributed by atoms with Gasteiger partial charge in [0.1, 0.15) is 0 Å². The second-order valence-electron chi connectivity index (χ2n) is 1.77. The highest BCUT2D eigenvalue weighted by atomic mass is 14.7. The van der Waals surface area contributed by atoms with Gasteiger partial charge in [-0.15, -0.1) is 0 Å². The van der Waals surface area contributed by atoms with Gasteiger partial charge in [0.15, 0.2) is 0 Å². The van der Waals surface area contributed by atoms with Crippen LogP contribution in [0.15, 0.2) is 29.3 Å². The molecule has 0 N–H and O–H groups in total. The van der Waals surface area contributed by atoms with Gasteiger partial charge in [-0.05, 0) is 13.0 Å². The van der Waals surface area contributed by atoms with Crippen LogP contribution in [0.2, 0.25) is 0 Å². The Morgan fingerprint density at radius 2 is 2.38 bits per heavy atom. The third-order valence-electron chi connectivity index (χ3n) is 1.03. The van der Waals surface area contributed by atoms with Gasteiger partial charge in [-0.1, -0.05) is 18.2 Å². The van der Waals surface area contributed by atoms with E-state index in [1.165, 1.54) is 0 Å². The molecule has 1 aliphatic rings. The van der Waals surface area contributed by atoms with Crippen molar-refractivity contribution in [3.05, 3.63) is 24.3 Å². The normalized spacial score (nSPS) is 17.9. The minimum Gasteiger partial charge on any atom is -0.286 e. The molecule has 0 bridgehead atoms. The van der Waals surface area contributed by atoms with Crippen molar-refractivity contribution in [3.8, 4) is 0 Å². The number of allylic oxidation sites excluding steroid dienone is 3. The van der Waals surface area contributed by atoms with Crippen LogP contribution in [0.25, 0.3) is 0 Å². The summed E-state index contributed by atoms with van der Waals surface area (Å²) in [6.07, 6.45) is 8.06. The van der Waals surface area contributed by atoms with Gasteiger partial charge >= 0.3 is 0 Å². The fraction of sp³-hybridized carbons (Fsp3) is 0.286. The molecule has 0 spiro atoms. The lowest BCUT2D eigenvalue weighted by Gasteiger charge is -1.83. The molecule has 42 valence electrons. The summed E-state index contributed by atoms with van der Waals surface area (Å²) >= 11 is 0. The van der Waals surface area contributed by atoms with E-state index in [0.29, 0.717) is 0 Å².